The molecule has 92 valence electrons. The number of hydrogen-bond donors (Lipinski definition) is 2. The van der Waals surface area contributed by atoms with Crippen molar-refractivity contribution in [3.05, 3.63) is 23.8 Å². The minimum atomic E-state index is 0.0639. The molecule has 0 radical (unpaired) electrons. The highest BCUT2D eigenvalue weighted by Gasteiger charge is 2.22. The minimum Gasteiger partial charge on any atom is -0.493 e. The van der Waals surface area contributed by atoms with Crippen LogP contribution in [0.25, 0.3) is 0 Å². The Balaban J connectivity index is 1.77. The molecule has 1 aliphatic rings. The van der Waals surface area contributed by atoms with E-state index in [1.54, 1.807) is 0 Å². The van der Waals surface area contributed by atoms with E-state index in [2.05, 4.69) is 5.32 Å². The van der Waals surface area contributed by atoms with Crippen LogP contribution in [0.5, 0.6) is 5.75 Å². The molecule has 0 aromatic heterocycles. The summed E-state index contributed by atoms with van der Waals surface area (Å²) in [4.78, 5) is 11.4. The molecule has 0 spiro atoms. The molecule has 3 N–H and O–H groups in total. The van der Waals surface area contributed by atoms with E-state index >= 15 is 0 Å². The van der Waals surface area contributed by atoms with Crippen LogP contribution in [0.2, 0.25) is 0 Å². The number of anilines is 1. The highest BCUT2D eigenvalue weighted by molar-refractivity contribution is 5.76. The molecule has 0 unspecified atom stereocenters. The third-order valence-electron chi connectivity index (χ3n) is 2.86. The molecule has 2 rings (SSSR count). The molecule has 0 atom stereocenters. The Bertz CT molecular complexity index is 414. The predicted octanol–water partition coefficient (Wildman–Crippen LogP) is 1.62. The number of amides is 1. The summed E-state index contributed by atoms with van der Waals surface area (Å²) in [6, 6.07) is 5.96. The largest absolute Gasteiger partial charge is 0.493 e. The van der Waals surface area contributed by atoms with Gasteiger partial charge in [-0.25, -0.2) is 0 Å². The number of nitrogen functional groups attached to an aromatic ring is 1. The number of ether oxygens (including phenoxy) is 1. The summed E-state index contributed by atoms with van der Waals surface area (Å²) in [6.45, 7) is 2.30. The first-order valence-electron chi connectivity index (χ1n) is 5.94. The second kappa shape index (κ2) is 5.08. The topological polar surface area (TPSA) is 64.3 Å². The molecule has 1 aromatic carbocycles. The van der Waals surface area contributed by atoms with E-state index in [4.69, 9.17) is 10.5 Å². The Morgan fingerprint density at radius 2 is 2.29 bits per heavy atom. The van der Waals surface area contributed by atoms with Crippen LogP contribution in [-0.2, 0) is 4.79 Å². The zero-order valence-electron chi connectivity index (χ0n) is 10.0. The van der Waals surface area contributed by atoms with Gasteiger partial charge in [-0.2, -0.15) is 0 Å². The van der Waals surface area contributed by atoms with Crippen molar-refractivity contribution in [2.75, 3.05) is 12.3 Å². The lowest BCUT2D eigenvalue weighted by Gasteiger charge is -2.10. The molecule has 1 amide bonds. The van der Waals surface area contributed by atoms with Crippen molar-refractivity contribution in [1.82, 2.24) is 5.32 Å². The van der Waals surface area contributed by atoms with Gasteiger partial charge in [0, 0.05) is 17.3 Å². The van der Waals surface area contributed by atoms with Crippen molar-refractivity contribution in [2.45, 2.75) is 32.2 Å². The quantitative estimate of drug-likeness (QED) is 0.761. The SMILES string of the molecule is Cc1c(N)cccc1OCCC(=O)NC1CC1. The Morgan fingerprint density at radius 1 is 1.53 bits per heavy atom. The molecule has 0 bridgehead atoms. The first-order valence-corrected chi connectivity index (χ1v) is 5.94. The van der Waals surface area contributed by atoms with Crippen LogP contribution in [0.3, 0.4) is 0 Å². The van der Waals surface area contributed by atoms with Crippen molar-refractivity contribution >= 4 is 11.6 Å². The standard InChI is InChI=1S/C13H18N2O2/c1-9-11(14)3-2-4-12(9)17-8-7-13(16)15-10-5-6-10/h2-4,10H,5-8,14H2,1H3,(H,15,16). The van der Waals surface area contributed by atoms with Crippen molar-refractivity contribution < 1.29 is 9.53 Å². The van der Waals surface area contributed by atoms with Gasteiger partial charge in [-0.1, -0.05) is 6.07 Å². The molecule has 4 nitrogen and oxygen atoms in total. The van der Waals surface area contributed by atoms with Crippen LogP contribution in [0.1, 0.15) is 24.8 Å². The Hall–Kier alpha value is -1.71. The van der Waals surface area contributed by atoms with Crippen molar-refractivity contribution in [3.63, 3.8) is 0 Å². The lowest BCUT2D eigenvalue weighted by Crippen LogP contribution is -2.26. The Labute approximate surface area is 101 Å². The highest BCUT2D eigenvalue weighted by atomic mass is 16.5. The van der Waals surface area contributed by atoms with E-state index in [-0.39, 0.29) is 5.91 Å². The number of nitrogens with two attached hydrogens (primary N) is 1. The first-order chi connectivity index (χ1) is 8.16. The monoisotopic (exact) mass is 234 g/mol. The summed E-state index contributed by atoms with van der Waals surface area (Å²) < 4.78 is 5.55. The van der Waals surface area contributed by atoms with E-state index in [1.165, 1.54) is 0 Å². The number of rotatable bonds is 5. The van der Waals surface area contributed by atoms with Gasteiger partial charge in [-0.05, 0) is 31.9 Å². The number of nitrogens with one attached hydrogen (secondary N) is 1. The second-order valence-corrected chi connectivity index (χ2v) is 4.41. The van der Waals surface area contributed by atoms with Crippen LogP contribution in [0.4, 0.5) is 5.69 Å². The average Bonchev–Trinajstić information content (AvgIpc) is 3.08. The van der Waals surface area contributed by atoms with Crippen LogP contribution < -0.4 is 15.8 Å². The summed E-state index contributed by atoms with van der Waals surface area (Å²) in [7, 11) is 0. The van der Waals surface area contributed by atoms with Gasteiger partial charge in [0.05, 0.1) is 13.0 Å². The third-order valence-corrected chi connectivity index (χ3v) is 2.86. The van der Waals surface area contributed by atoms with E-state index in [0.29, 0.717) is 24.8 Å². The van der Waals surface area contributed by atoms with E-state index < -0.39 is 0 Å². The zero-order chi connectivity index (χ0) is 12.3. The molecular formula is C13H18N2O2. The highest BCUT2D eigenvalue weighted by Crippen LogP contribution is 2.23. The Morgan fingerprint density at radius 3 is 3.00 bits per heavy atom. The van der Waals surface area contributed by atoms with Crippen LogP contribution >= 0.6 is 0 Å². The lowest BCUT2D eigenvalue weighted by molar-refractivity contribution is -0.121. The fourth-order valence-electron chi connectivity index (χ4n) is 1.57. The van der Waals surface area contributed by atoms with Crippen molar-refractivity contribution in [3.8, 4) is 5.75 Å². The minimum absolute atomic E-state index is 0.0639. The van der Waals surface area contributed by atoms with Crippen molar-refractivity contribution in [1.29, 1.82) is 0 Å². The zero-order valence-corrected chi connectivity index (χ0v) is 10.0. The molecule has 0 heterocycles. The van der Waals surface area contributed by atoms with Gasteiger partial charge in [0.15, 0.2) is 0 Å². The molecule has 1 saturated carbocycles. The summed E-state index contributed by atoms with van der Waals surface area (Å²) in [5.41, 5.74) is 7.41. The number of carbonyl (C=O) groups is 1. The third kappa shape index (κ3) is 3.37. The maximum Gasteiger partial charge on any atom is 0.223 e. The maximum atomic E-state index is 11.4. The molecular weight excluding hydrogens is 216 g/mol. The molecule has 0 aliphatic heterocycles. The summed E-state index contributed by atoms with van der Waals surface area (Å²) in [5, 5.41) is 2.92. The predicted molar refractivity (Wildman–Crippen MR) is 66.9 cm³/mol. The fourth-order valence-corrected chi connectivity index (χ4v) is 1.57. The van der Waals surface area contributed by atoms with Crippen LogP contribution in [0, 0.1) is 6.92 Å². The molecule has 4 heteroatoms. The Kier molecular flexibility index (Phi) is 3.52. The van der Waals surface area contributed by atoms with Crippen molar-refractivity contribution in [2.24, 2.45) is 0 Å². The first kappa shape index (κ1) is 11.8. The van der Waals surface area contributed by atoms with E-state index in [0.717, 1.165) is 24.2 Å². The molecule has 1 aliphatic carbocycles. The van der Waals surface area contributed by atoms with Gasteiger partial charge >= 0.3 is 0 Å². The number of benzene rings is 1. The summed E-state index contributed by atoms with van der Waals surface area (Å²) >= 11 is 0. The van der Waals surface area contributed by atoms with Gasteiger partial charge in [0.1, 0.15) is 5.75 Å². The summed E-state index contributed by atoms with van der Waals surface area (Å²) in [6.07, 6.45) is 2.62. The maximum absolute atomic E-state index is 11.4. The van der Waals surface area contributed by atoms with Gasteiger partial charge in [-0.15, -0.1) is 0 Å². The van der Waals surface area contributed by atoms with E-state index in [9.17, 15) is 4.79 Å². The summed E-state index contributed by atoms with van der Waals surface area (Å²) in [5.74, 6) is 0.818. The molecule has 1 aromatic rings. The normalized spacial score (nSPS) is 14.4. The second-order valence-electron chi connectivity index (χ2n) is 4.41. The van der Waals surface area contributed by atoms with Gasteiger partial charge in [0.25, 0.3) is 0 Å². The smallest absolute Gasteiger partial charge is 0.223 e. The van der Waals surface area contributed by atoms with Gasteiger partial charge < -0.3 is 15.8 Å². The van der Waals surface area contributed by atoms with Crippen LogP contribution in [-0.4, -0.2) is 18.6 Å². The molecule has 0 saturated heterocycles. The van der Waals surface area contributed by atoms with Gasteiger partial charge in [-0.3, -0.25) is 4.79 Å². The van der Waals surface area contributed by atoms with Gasteiger partial charge in [0.2, 0.25) is 5.91 Å². The molecule has 17 heavy (non-hydrogen) atoms. The lowest BCUT2D eigenvalue weighted by atomic mass is 10.2. The number of carbonyl (C=O) groups excluding carboxylic acids is 1. The average molecular weight is 234 g/mol. The molecule has 1 fully saturated rings. The number of hydrogen-bond acceptors (Lipinski definition) is 3. The fraction of sp³-hybridized carbons (Fsp3) is 0.462. The van der Waals surface area contributed by atoms with Crippen LogP contribution in [0.15, 0.2) is 18.2 Å². The van der Waals surface area contributed by atoms with E-state index in [1.807, 2.05) is 25.1 Å².